The largest absolute Gasteiger partial charge is 0.385 e. The van der Waals surface area contributed by atoms with E-state index in [0.717, 1.165) is 25.5 Å². The van der Waals surface area contributed by atoms with Crippen molar-refractivity contribution in [3.05, 3.63) is 34.4 Å². The molecular weight excluding hydrogens is 272 g/mol. The van der Waals surface area contributed by atoms with Crippen molar-refractivity contribution in [1.82, 2.24) is 5.32 Å². The van der Waals surface area contributed by atoms with Gasteiger partial charge in [-0.05, 0) is 37.9 Å². The van der Waals surface area contributed by atoms with Gasteiger partial charge < -0.3 is 10.1 Å². The van der Waals surface area contributed by atoms with Gasteiger partial charge in [-0.25, -0.2) is 8.78 Å². The summed E-state index contributed by atoms with van der Waals surface area (Å²) in [4.78, 5) is 0. The van der Waals surface area contributed by atoms with Crippen molar-refractivity contribution in [1.29, 1.82) is 0 Å². The molecule has 0 saturated heterocycles. The summed E-state index contributed by atoms with van der Waals surface area (Å²) in [7, 11) is 1.62. The van der Waals surface area contributed by atoms with Gasteiger partial charge in [-0.1, -0.05) is 18.5 Å². The minimum Gasteiger partial charge on any atom is -0.385 e. The fraction of sp³-hybridized carbons (Fsp3) is 0.571. The lowest BCUT2D eigenvalue weighted by Crippen LogP contribution is -2.23. The molecule has 19 heavy (non-hydrogen) atoms. The molecule has 2 nitrogen and oxygen atoms in total. The molecule has 0 fully saturated rings. The highest BCUT2D eigenvalue weighted by atomic mass is 35.5. The second kappa shape index (κ2) is 8.46. The van der Waals surface area contributed by atoms with Gasteiger partial charge in [-0.2, -0.15) is 0 Å². The average molecular weight is 292 g/mol. The summed E-state index contributed by atoms with van der Waals surface area (Å²) in [6, 6.07) is 1.99. The molecule has 1 N–H and O–H groups in total. The van der Waals surface area contributed by atoms with E-state index in [1.165, 1.54) is 6.07 Å². The van der Waals surface area contributed by atoms with E-state index < -0.39 is 11.6 Å². The zero-order valence-corrected chi connectivity index (χ0v) is 12.1. The predicted octanol–water partition coefficient (Wildman–Crippen LogP) is 4.09. The quantitative estimate of drug-likeness (QED) is 0.575. The number of rotatable bonds is 8. The average Bonchev–Trinajstić information content (AvgIpc) is 2.38. The number of ether oxygens (including phenoxy) is 1. The van der Waals surface area contributed by atoms with Crippen LogP contribution in [0, 0.1) is 11.6 Å². The molecule has 1 aromatic rings. The fourth-order valence-electron chi connectivity index (χ4n) is 1.92. The molecule has 0 bridgehead atoms. The van der Waals surface area contributed by atoms with E-state index in [4.69, 9.17) is 16.3 Å². The van der Waals surface area contributed by atoms with Crippen LogP contribution in [-0.2, 0) is 4.74 Å². The maximum Gasteiger partial charge on any atom is 0.142 e. The Morgan fingerprint density at radius 2 is 2.05 bits per heavy atom. The summed E-state index contributed by atoms with van der Waals surface area (Å²) in [6.07, 6.45) is 2.39. The topological polar surface area (TPSA) is 21.3 Å². The molecule has 1 unspecified atom stereocenters. The van der Waals surface area contributed by atoms with E-state index in [1.54, 1.807) is 7.11 Å². The lowest BCUT2D eigenvalue weighted by Gasteiger charge is -2.20. The smallest absolute Gasteiger partial charge is 0.142 e. The summed E-state index contributed by atoms with van der Waals surface area (Å²) in [5, 5.41) is 3.04. The molecule has 0 aliphatic heterocycles. The number of hydrogen-bond donors (Lipinski definition) is 1. The van der Waals surface area contributed by atoms with Crippen molar-refractivity contribution < 1.29 is 13.5 Å². The summed E-state index contributed by atoms with van der Waals surface area (Å²) < 4.78 is 32.4. The number of hydrogen-bond acceptors (Lipinski definition) is 2. The lowest BCUT2D eigenvalue weighted by atomic mass is 10.0. The van der Waals surface area contributed by atoms with E-state index in [-0.39, 0.29) is 11.1 Å². The summed E-state index contributed by atoms with van der Waals surface area (Å²) in [6.45, 7) is 3.38. The van der Waals surface area contributed by atoms with Crippen LogP contribution < -0.4 is 5.32 Å². The first-order valence-corrected chi connectivity index (χ1v) is 6.84. The van der Waals surface area contributed by atoms with Crippen LogP contribution in [0.5, 0.6) is 0 Å². The van der Waals surface area contributed by atoms with Crippen molar-refractivity contribution in [2.45, 2.75) is 32.2 Å². The Morgan fingerprint density at radius 3 is 2.68 bits per heavy atom. The maximum absolute atomic E-state index is 13.9. The molecule has 1 aromatic carbocycles. The van der Waals surface area contributed by atoms with Crippen LogP contribution in [-0.4, -0.2) is 20.3 Å². The SMILES string of the molecule is CCCNC(CCCOC)c1cc(F)c(Cl)cc1F. The van der Waals surface area contributed by atoms with Gasteiger partial charge in [0.05, 0.1) is 5.02 Å². The van der Waals surface area contributed by atoms with Crippen LogP contribution in [0.2, 0.25) is 5.02 Å². The highest BCUT2D eigenvalue weighted by Gasteiger charge is 2.17. The Labute approximate surface area is 118 Å². The van der Waals surface area contributed by atoms with E-state index in [1.807, 2.05) is 6.92 Å². The van der Waals surface area contributed by atoms with Gasteiger partial charge in [0.2, 0.25) is 0 Å². The summed E-state index contributed by atoms with van der Waals surface area (Å²) >= 11 is 5.57. The number of benzene rings is 1. The Kier molecular flexibility index (Phi) is 7.28. The predicted molar refractivity (Wildman–Crippen MR) is 73.5 cm³/mol. The molecule has 0 aromatic heterocycles. The molecule has 1 atom stereocenters. The van der Waals surface area contributed by atoms with Gasteiger partial charge in [0.25, 0.3) is 0 Å². The first-order valence-electron chi connectivity index (χ1n) is 6.46. The third-order valence-corrected chi connectivity index (χ3v) is 3.19. The third kappa shape index (κ3) is 5.05. The van der Waals surface area contributed by atoms with E-state index in [0.29, 0.717) is 18.6 Å². The summed E-state index contributed by atoms with van der Waals surface area (Å²) in [5.41, 5.74) is 0.325. The minimum absolute atomic E-state index is 0.188. The number of nitrogens with one attached hydrogen (secondary N) is 1. The van der Waals surface area contributed by atoms with Crippen molar-refractivity contribution >= 4 is 11.6 Å². The molecule has 0 aliphatic carbocycles. The highest BCUT2D eigenvalue weighted by Crippen LogP contribution is 2.26. The number of halogens is 3. The zero-order valence-electron chi connectivity index (χ0n) is 11.3. The number of methoxy groups -OCH3 is 1. The van der Waals surface area contributed by atoms with Crippen molar-refractivity contribution in [3.8, 4) is 0 Å². The molecule has 0 aliphatic rings. The monoisotopic (exact) mass is 291 g/mol. The molecule has 0 saturated carbocycles. The molecule has 0 radical (unpaired) electrons. The Bertz CT molecular complexity index is 401. The van der Waals surface area contributed by atoms with E-state index >= 15 is 0 Å². The molecule has 108 valence electrons. The first kappa shape index (κ1) is 16.3. The third-order valence-electron chi connectivity index (χ3n) is 2.90. The van der Waals surface area contributed by atoms with E-state index in [2.05, 4.69) is 5.32 Å². The first-order chi connectivity index (χ1) is 9.10. The molecule has 1 rings (SSSR count). The second-order valence-corrected chi connectivity index (χ2v) is 4.84. The van der Waals surface area contributed by atoms with Gasteiger partial charge in [0.1, 0.15) is 11.6 Å². The van der Waals surface area contributed by atoms with Crippen LogP contribution in [0.3, 0.4) is 0 Å². The van der Waals surface area contributed by atoms with Gasteiger partial charge >= 0.3 is 0 Å². The molecule has 0 heterocycles. The molecular formula is C14H20ClF2NO. The van der Waals surface area contributed by atoms with Gasteiger partial charge in [-0.15, -0.1) is 0 Å². The van der Waals surface area contributed by atoms with E-state index in [9.17, 15) is 8.78 Å². The Morgan fingerprint density at radius 1 is 1.32 bits per heavy atom. The maximum atomic E-state index is 13.9. The Balaban J connectivity index is 2.85. The zero-order chi connectivity index (χ0) is 14.3. The standard InChI is InChI=1S/C14H20ClF2NO/c1-3-6-18-14(5-4-7-19-2)10-8-13(17)11(15)9-12(10)16/h8-9,14,18H,3-7H2,1-2H3. The van der Waals surface area contributed by atoms with Crippen LogP contribution >= 0.6 is 11.6 Å². The Hall–Kier alpha value is -0.710. The summed E-state index contributed by atoms with van der Waals surface area (Å²) in [5.74, 6) is -1.06. The highest BCUT2D eigenvalue weighted by molar-refractivity contribution is 6.30. The second-order valence-electron chi connectivity index (χ2n) is 4.43. The lowest BCUT2D eigenvalue weighted by molar-refractivity contribution is 0.188. The van der Waals surface area contributed by atoms with Crippen molar-refractivity contribution in [3.63, 3.8) is 0 Å². The van der Waals surface area contributed by atoms with Gasteiger partial charge in [0.15, 0.2) is 0 Å². The van der Waals surface area contributed by atoms with Crippen LogP contribution in [0.1, 0.15) is 37.8 Å². The normalized spacial score (nSPS) is 12.7. The molecule has 0 amide bonds. The van der Waals surface area contributed by atoms with Gasteiger partial charge in [-0.3, -0.25) is 0 Å². The van der Waals surface area contributed by atoms with Crippen molar-refractivity contribution in [2.24, 2.45) is 0 Å². The van der Waals surface area contributed by atoms with Crippen LogP contribution in [0.4, 0.5) is 8.78 Å². The molecule has 5 heteroatoms. The van der Waals surface area contributed by atoms with Crippen LogP contribution in [0.15, 0.2) is 12.1 Å². The van der Waals surface area contributed by atoms with Crippen LogP contribution in [0.25, 0.3) is 0 Å². The van der Waals surface area contributed by atoms with Gasteiger partial charge in [0, 0.05) is 25.3 Å². The van der Waals surface area contributed by atoms with Crippen molar-refractivity contribution in [2.75, 3.05) is 20.3 Å². The molecule has 0 spiro atoms. The minimum atomic E-state index is -0.590. The fourth-order valence-corrected chi connectivity index (χ4v) is 2.07.